The van der Waals surface area contributed by atoms with Crippen LogP contribution in [-0.4, -0.2) is 49.8 Å². The van der Waals surface area contributed by atoms with E-state index < -0.39 is 5.97 Å². The van der Waals surface area contributed by atoms with Crippen molar-refractivity contribution in [2.24, 2.45) is 5.92 Å². The third-order valence-corrected chi connectivity index (χ3v) is 7.91. The molecule has 9 nitrogen and oxygen atoms in total. The first-order chi connectivity index (χ1) is 17.3. The summed E-state index contributed by atoms with van der Waals surface area (Å²) < 4.78 is 7.27. The van der Waals surface area contributed by atoms with Gasteiger partial charge in [0.1, 0.15) is 11.0 Å². The van der Waals surface area contributed by atoms with Gasteiger partial charge in [0.25, 0.3) is 0 Å². The van der Waals surface area contributed by atoms with E-state index in [1.54, 1.807) is 11.1 Å². The molecule has 1 saturated carbocycles. The van der Waals surface area contributed by atoms with Gasteiger partial charge in [-0.3, -0.25) is 14.7 Å². The summed E-state index contributed by atoms with van der Waals surface area (Å²) >= 11 is 6.10. The Balaban J connectivity index is 1.65. The third-order valence-electron chi connectivity index (χ3n) is 7.54. The van der Waals surface area contributed by atoms with Crippen LogP contribution in [0.3, 0.4) is 0 Å². The summed E-state index contributed by atoms with van der Waals surface area (Å²) in [5.41, 5.74) is 5.04. The van der Waals surface area contributed by atoms with Gasteiger partial charge in [0.2, 0.25) is 0 Å². The van der Waals surface area contributed by atoms with Crippen molar-refractivity contribution in [1.82, 2.24) is 19.5 Å². The molecule has 1 amide bonds. The van der Waals surface area contributed by atoms with Gasteiger partial charge in [0.15, 0.2) is 0 Å². The van der Waals surface area contributed by atoms with Crippen molar-refractivity contribution < 1.29 is 19.4 Å². The molecule has 1 N–H and O–H groups in total. The minimum absolute atomic E-state index is 0.0125. The molecular formula is C26H30ClN5O4. The number of nitrogens with zero attached hydrogens (tertiary/aromatic N) is 5. The molecule has 3 aromatic rings. The van der Waals surface area contributed by atoms with Gasteiger partial charge in [-0.1, -0.05) is 18.0 Å². The molecule has 3 heterocycles. The Bertz CT molecular complexity index is 1340. The van der Waals surface area contributed by atoms with Crippen LogP contribution in [0.25, 0.3) is 11.0 Å². The molecule has 0 saturated heterocycles. The van der Waals surface area contributed by atoms with Crippen molar-refractivity contribution >= 4 is 40.4 Å². The molecule has 0 radical (unpaired) electrons. The number of carboxylic acids is 1. The van der Waals surface area contributed by atoms with Gasteiger partial charge < -0.3 is 14.4 Å². The van der Waals surface area contributed by atoms with Gasteiger partial charge in [-0.25, -0.2) is 14.8 Å². The molecule has 10 heteroatoms. The second-order valence-corrected chi connectivity index (χ2v) is 10.2. The Morgan fingerprint density at radius 2 is 2.03 bits per heavy atom. The summed E-state index contributed by atoms with van der Waals surface area (Å²) in [7, 11) is 1.39. The van der Waals surface area contributed by atoms with Crippen LogP contribution in [-0.2, 0) is 22.4 Å². The maximum Gasteiger partial charge on any atom is 0.414 e. The molecule has 3 atom stereocenters. The zero-order chi connectivity index (χ0) is 25.6. The second kappa shape index (κ2) is 9.69. The summed E-state index contributed by atoms with van der Waals surface area (Å²) in [6, 6.07) is 4.00. The molecule has 5 rings (SSSR count). The maximum absolute atomic E-state index is 12.6. The zero-order valence-corrected chi connectivity index (χ0v) is 21.5. The summed E-state index contributed by atoms with van der Waals surface area (Å²) in [5, 5.41) is 10.1. The maximum atomic E-state index is 12.6. The van der Waals surface area contributed by atoms with Gasteiger partial charge in [-0.2, -0.15) is 0 Å². The average Bonchev–Trinajstić information content (AvgIpc) is 3.23. The Morgan fingerprint density at radius 1 is 1.22 bits per heavy atom. The lowest BCUT2D eigenvalue weighted by Crippen LogP contribution is -2.42. The lowest BCUT2D eigenvalue weighted by molar-refractivity contribution is -0.143. The van der Waals surface area contributed by atoms with Crippen molar-refractivity contribution in [1.29, 1.82) is 0 Å². The van der Waals surface area contributed by atoms with E-state index in [2.05, 4.69) is 14.5 Å². The van der Waals surface area contributed by atoms with Crippen LogP contribution < -0.4 is 4.90 Å². The largest absolute Gasteiger partial charge is 0.481 e. The smallest absolute Gasteiger partial charge is 0.414 e. The number of aliphatic carboxylic acids is 1. The van der Waals surface area contributed by atoms with Crippen LogP contribution in [0.4, 0.5) is 10.5 Å². The number of halogens is 1. The molecule has 36 heavy (non-hydrogen) atoms. The first kappa shape index (κ1) is 24.5. The number of amides is 1. The van der Waals surface area contributed by atoms with Gasteiger partial charge in [0.05, 0.1) is 47.3 Å². The minimum Gasteiger partial charge on any atom is -0.481 e. The normalized spacial score (nSPS) is 21.9. The van der Waals surface area contributed by atoms with Crippen molar-refractivity contribution in [3.05, 3.63) is 46.3 Å². The van der Waals surface area contributed by atoms with Crippen molar-refractivity contribution in [2.45, 2.75) is 70.9 Å². The fourth-order valence-electron chi connectivity index (χ4n) is 5.74. The third kappa shape index (κ3) is 4.30. The van der Waals surface area contributed by atoms with E-state index >= 15 is 0 Å². The predicted octanol–water partition coefficient (Wildman–Crippen LogP) is 5.10. The summed E-state index contributed by atoms with van der Waals surface area (Å²) in [5.74, 6) is -0.307. The minimum atomic E-state index is -0.745. The lowest BCUT2D eigenvalue weighted by Gasteiger charge is -2.34. The molecule has 2 aliphatic rings. The number of fused-ring (bicyclic) bond motifs is 3. The topological polar surface area (TPSA) is 110 Å². The van der Waals surface area contributed by atoms with Crippen molar-refractivity contribution in [3.63, 3.8) is 0 Å². The molecule has 1 fully saturated rings. The second-order valence-electron chi connectivity index (χ2n) is 9.83. The van der Waals surface area contributed by atoms with Crippen molar-refractivity contribution in [3.8, 4) is 0 Å². The fourth-order valence-corrected chi connectivity index (χ4v) is 5.83. The summed E-state index contributed by atoms with van der Waals surface area (Å²) in [6.07, 6.45) is 6.30. The van der Waals surface area contributed by atoms with E-state index in [0.29, 0.717) is 30.1 Å². The van der Waals surface area contributed by atoms with Gasteiger partial charge in [-0.05, 0) is 58.1 Å². The number of carboxylic acid groups (broad SMARTS) is 1. The number of carbonyl (C=O) groups excluding carboxylic acids is 1. The molecule has 0 bridgehead atoms. The molecule has 0 spiro atoms. The van der Waals surface area contributed by atoms with Gasteiger partial charge in [-0.15, -0.1) is 0 Å². The van der Waals surface area contributed by atoms with E-state index in [0.717, 1.165) is 59.5 Å². The number of carbonyl (C=O) groups is 2. The van der Waals surface area contributed by atoms with E-state index in [-0.39, 0.29) is 24.1 Å². The Kier molecular flexibility index (Phi) is 6.59. The van der Waals surface area contributed by atoms with Crippen LogP contribution in [0, 0.1) is 12.8 Å². The van der Waals surface area contributed by atoms with Gasteiger partial charge >= 0.3 is 12.1 Å². The number of imidazole rings is 1. The molecule has 190 valence electrons. The highest BCUT2D eigenvalue weighted by atomic mass is 35.5. The Labute approximate surface area is 214 Å². The van der Waals surface area contributed by atoms with Crippen molar-refractivity contribution in [2.75, 3.05) is 12.0 Å². The van der Waals surface area contributed by atoms with Crippen LogP contribution in [0.15, 0.2) is 18.3 Å². The Morgan fingerprint density at radius 3 is 2.75 bits per heavy atom. The zero-order valence-electron chi connectivity index (χ0n) is 20.7. The van der Waals surface area contributed by atoms with E-state index in [1.807, 2.05) is 26.0 Å². The monoisotopic (exact) mass is 511 g/mol. The van der Waals surface area contributed by atoms with Crippen LogP contribution in [0.5, 0.6) is 0 Å². The highest BCUT2D eigenvalue weighted by molar-refractivity contribution is 6.29. The van der Waals surface area contributed by atoms with Gasteiger partial charge in [0, 0.05) is 24.1 Å². The molecule has 2 aromatic heterocycles. The number of hydrogen-bond acceptors (Lipinski definition) is 6. The van der Waals surface area contributed by atoms with Crippen LogP contribution >= 0.6 is 11.6 Å². The number of anilines is 1. The lowest BCUT2D eigenvalue weighted by atomic mass is 9.85. The summed E-state index contributed by atoms with van der Waals surface area (Å²) in [6.45, 7) is 3.84. The number of hydrogen-bond donors (Lipinski definition) is 1. The molecular weight excluding hydrogens is 482 g/mol. The number of benzene rings is 1. The number of aromatic nitrogens is 4. The van der Waals surface area contributed by atoms with E-state index in [1.165, 1.54) is 7.11 Å². The van der Waals surface area contributed by atoms with Crippen LogP contribution in [0.1, 0.15) is 67.8 Å². The van der Waals surface area contributed by atoms with E-state index in [4.69, 9.17) is 21.3 Å². The first-order valence-corrected chi connectivity index (χ1v) is 12.8. The number of rotatable bonds is 4. The fraction of sp³-hybridized carbons (Fsp3) is 0.500. The quantitative estimate of drug-likeness (QED) is 0.518. The van der Waals surface area contributed by atoms with Crippen LogP contribution in [0.2, 0.25) is 5.15 Å². The average molecular weight is 512 g/mol. The number of methoxy groups -OCH3 is 1. The summed E-state index contributed by atoms with van der Waals surface area (Å²) in [4.78, 5) is 40.1. The first-order valence-electron chi connectivity index (χ1n) is 12.4. The molecule has 1 aliphatic carbocycles. The highest BCUT2D eigenvalue weighted by Gasteiger charge is 2.34. The molecule has 1 unspecified atom stereocenters. The van der Waals surface area contributed by atoms with E-state index in [9.17, 15) is 14.7 Å². The number of aryl methyl sites for hydroxylation is 2. The SMILES string of the molecule is COC(=O)N1c2ccc3c(nc(Cc4cnc(Cl)c(C)n4)n3[C@@H]3CCC[C@@H](C(=O)O)C3)c2CCC1C. The number of ether oxygens (including phenoxy) is 1. The highest BCUT2D eigenvalue weighted by Crippen LogP contribution is 2.40. The standard InChI is InChI=1S/C26H30ClN5O4/c1-14-7-8-19-20(31(14)26(35)36-3)9-10-21-23(19)30-22(12-17-13-28-24(27)15(2)29-17)32(21)18-6-4-5-16(11-18)25(33)34/h9-10,13-14,16,18H,4-8,11-12H2,1-3H3,(H,33,34)/t14?,16-,18-/m1/s1. The molecule has 1 aliphatic heterocycles. The predicted molar refractivity (Wildman–Crippen MR) is 136 cm³/mol. The Hall–Kier alpha value is -3.20. The molecule has 1 aromatic carbocycles.